The van der Waals surface area contributed by atoms with Crippen molar-refractivity contribution in [3.05, 3.63) is 54.7 Å². The molecule has 1 saturated carbocycles. The van der Waals surface area contributed by atoms with Gasteiger partial charge in [-0.2, -0.15) is 0 Å². The van der Waals surface area contributed by atoms with Gasteiger partial charge in [-0.25, -0.2) is 9.78 Å². The summed E-state index contributed by atoms with van der Waals surface area (Å²) in [6, 6.07) is 3.43. The Balaban J connectivity index is 1.99. The molecule has 1 aliphatic carbocycles. The van der Waals surface area contributed by atoms with Crippen LogP contribution in [0, 0.1) is 9.12 Å². The molecule has 0 bridgehead atoms. The lowest BCUT2D eigenvalue weighted by Crippen LogP contribution is -2.28. The molecule has 0 amide bonds. The molecular formula is C24H30ClIN2O5. The quantitative estimate of drug-likeness (QED) is 0.173. The van der Waals surface area contributed by atoms with E-state index < -0.39 is 5.97 Å². The number of carbonyl (C=O) groups is 1. The van der Waals surface area contributed by atoms with Gasteiger partial charge in [0.05, 0.1) is 13.2 Å². The van der Waals surface area contributed by atoms with Crippen LogP contribution in [0.15, 0.2) is 29.3 Å². The molecular weight excluding hydrogens is 559 g/mol. The van der Waals surface area contributed by atoms with Crippen molar-refractivity contribution in [2.75, 3.05) is 26.9 Å². The summed E-state index contributed by atoms with van der Waals surface area (Å²) in [4.78, 5) is 29.2. The van der Waals surface area contributed by atoms with Crippen LogP contribution in [0.25, 0.3) is 0 Å². The van der Waals surface area contributed by atoms with Crippen LogP contribution in [0.4, 0.5) is 0 Å². The molecule has 3 rings (SSSR count). The molecule has 0 radical (unpaired) electrons. The predicted molar refractivity (Wildman–Crippen MR) is 135 cm³/mol. The van der Waals surface area contributed by atoms with E-state index in [1.54, 1.807) is 26.4 Å². The second kappa shape index (κ2) is 11.2. The SMILES string of the molecule is CCOC(=O)c1cn(C2C(c3cc(OCCCOC)c(Cl)nc3I)CCC2(C)C)ccc1=O. The van der Waals surface area contributed by atoms with Crippen LogP contribution in [-0.4, -0.2) is 42.5 Å². The van der Waals surface area contributed by atoms with Gasteiger partial charge in [-0.3, -0.25) is 4.79 Å². The Hall–Kier alpha value is -1.65. The van der Waals surface area contributed by atoms with Crippen molar-refractivity contribution in [1.82, 2.24) is 9.55 Å². The summed E-state index contributed by atoms with van der Waals surface area (Å²) in [6.07, 6.45) is 6.05. The molecule has 33 heavy (non-hydrogen) atoms. The van der Waals surface area contributed by atoms with Gasteiger partial charge in [0, 0.05) is 50.6 Å². The molecule has 7 nitrogen and oxygen atoms in total. The Kier molecular flexibility index (Phi) is 8.80. The first kappa shape index (κ1) is 26.0. The highest BCUT2D eigenvalue weighted by molar-refractivity contribution is 14.1. The van der Waals surface area contributed by atoms with Crippen LogP contribution in [0.3, 0.4) is 0 Å². The van der Waals surface area contributed by atoms with E-state index in [1.807, 2.05) is 10.6 Å². The van der Waals surface area contributed by atoms with Gasteiger partial charge in [0.25, 0.3) is 0 Å². The molecule has 0 aromatic carbocycles. The third kappa shape index (κ3) is 5.89. The maximum Gasteiger partial charge on any atom is 0.343 e. The maximum absolute atomic E-state index is 12.3. The molecule has 1 fully saturated rings. The molecule has 2 aromatic rings. The normalized spacial score (nSPS) is 19.5. The third-order valence-electron chi connectivity index (χ3n) is 6.11. The number of ether oxygens (including phenoxy) is 3. The second-order valence-corrected chi connectivity index (χ2v) is 10.2. The van der Waals surface area contributed by atoms with Crippen molar-refractivity contribution >= 4 is 40.2 Å². The Morgan fingerprint density at radius 1 is 1.36 bits per heavy atom. The minimum Gasteiger partial charge on any atom is -0.490 e. The van der Waals surface area contributed by atoms with Crippen molar-refractivity contribution in [1.29, 1.82) is 0 Å². The summed E-state index contributed by atoms with van der Waals surface area (Å²) in [7, 11) is 1.66. The van der Waals surface area contributed by atoms with Gasteiger partial charge in [0.15, 0.2) is 16.3 Å². The fraction of sp³-hybridized carbons (Fsp3) is 0.542. The van der Waals surface area contributed by atoms with Crippen molar-refractivity contribution in [2.24, 2.45) is 5.41 Å². The van der Waals surface area contributed by atoms with E-state index in [4.69, 9.17) is 25.8 Å². The zero-order valence-corrected chi connectivity index (χ0v) is 22.3. The Bertz CT molecular complexity index is 1060. The summed E-state index contributed by atoms with van der Waals surface area (Å²) in [5, 5.41) is 0.335. The summed E-state index contributed by atoms with van der Waals surface area (Å²) >= 11 is 8.58. The number of esters is 1. The van der Waals surface area contributed by atoms with E-state index in [9.17, 15) is 9.59 Å². The zero-order chi connectivity index (χ0) is 24.2. The lowest BCUT2D eigenvalue weighted by Gasteiger charge is -2.34. The minimum absolute atomic E-state index is 0.00381. The molecule has 2 atom stereocenters. The van der Waals surface area contributed by atoms with E-state index in [0.717, 1.165) is 28.5 Å². The van der Waals surface area contributed by atoms with Gasteiger partial charge in [-0.1, -0.05) is 25.4 Å². The lowest BCUT2D eigenvalue weighted by molar-refractivity contribution is 0.0523. The highest BCUT2D eigenvalue weighted by atomic mass is 127. The number of methoxy groups -OCH3 is 1. The number of hydrogen-bond acceptors (Lipinski definition) is 6. The van der Waals surface area contributed by atoms with Crippen LogP contribution >= 0.6 is 34.2 Å². The average molecular weight is 589 g/mol. The standard InChI is InChI=1S/C24H30ClIN2O5/c1-5-32-23(30)17-14-28(10-8-18(17)29)20-15(7-9-24(20,2)3)16-13-19(21(25)27-22(16)26)33-12-6-11-31-4/h8,10,13-15,20H,5-7,9,11-12H2,1-4H3. The van der Waals surface area contributed by atoms with E-state index in [-0.39, 0.29) is 35.0 Å². The number of rotatable bonds is 9. The monoisotopic (exact) mass is 588 g/mol. The van der Waals surface area contributed by atoms with Crippen LogP contribution < -0.4 is 10.2 Å². The number of nitrogens with zero attached hydrogens (tertiary/aromatic N) is 2. The average Bonchev–Trinajstić information content (AvgIpc) is 3.08. The molecule has 2 unspecified atom stereocenters. The molecule has 0 aliphatic heterocycles. The second-order valence-electron chi connectivity index (χ2n) is 8.82. The molecule has 0 saturated heterocycles. The number of pyridine rings is 2. The molecule has 0 spiro atoms. The summed E-state index contributed by atoms with van der Waals surface area (Å²) in [5.74, 6) is 0.0630. The molecule has 0 N–H and O–H groups in total. The lowest BCUT2D eigenvalue weighted by atomic mass is 9.82. The van der Waals surface area contributed by atoms with Gasteiger partial charge in [-0.15, -0.1) is 0 Å². The van der Waals surface area contributed by atoms with Crippen molar-refractivity contribution in [3.8, 4) is 5.75 Å². The molecule has 2 aromatic heterocycles. The largest absolute Gasteiger partial charge is 0.490 e. The molecule has 2 heterocycles. The maximum atomic E-state index is 12.3. The Morgan fingerprint density at radius 2 is 2.12 bits per heavy atom. The Labute approximate surface area is 212 Å². The van der Waals surface area contributed by atoms with E-state index in [0.29, 0.717) is 24.1 Å². The minimum atomic E-state index is -0.598. The van der Waals surface area contributed by atoms with Crippen LogP contribution in [-0.2, 0) is 9.47 Å². The molecule has 1 aliphatic rings. The highest BCUT2D eigenvalue weighted by Gasteiger charge is 2.44. The summed E-state index contributed by atoms with van der Waals surface area (Å²) in [6.45, 7) is 7.44. The molecule has 180 valence electrons. The smallest absolute Gasteiger partial charge is 0.343 e. The predicted octanol–water partition coefficient (Wildman–Crippen LogP) is 5.24. The summed E-state index contributed by atoms with van der Waals surface area (Å²) < 4.78 is 18.9. The van der Waals surface area contributed by atoms with Crippen molar-refractivity contribution in [2.45, 2.75) is 52.0 Å². The topological polar surface area (TPSA) is 79.7 Å². The van der Waals surface area contributed by atoms with Crippen molar-refractivity contribution < 1.29 is 19.0 Å². The number of carbonyl (C=O) groups excluding carboxylic acids is 1. The van der Waals surface area contributed by atoms with E-state index >= 15 is 0 Å². The number of halogens is 2. The van der Waals surface area contributed by atoms with Gasteiger partial charge >= 0.3 is 5.97 Å². The fourth-order valence-electron chi connectivity index (χ4n) is 4.56. The number of aromatic nitrogens is 2. The summed E-state index contributed by atoms with van der Waals surface area (Å²) in [5.41, 5.74) is 0.681. The van der Waals surface area contributed by atoms with Gasteiger partial charge in [0.2, 0.25) is 0 Å². The van der Waals surface area contributed by atoms with Gasteiger partial charge in [-0.05, 0) is 59.4 Å². The van der Waals surface area contributed by atoms with E-state index in [1.165, 1.54) is 6.07 Å². The van der Waals surface area contributed by atoms with E-state index in [2.05, 4.69) is 41.4 Å². The Morgan fingerprint density at radius 3 is 2.82 bits per heavy atom. The first-order valence-corrected chi connectivity index (χ1v) is 12.5. The zero-order valence-electron chi connectivity index (χ0n) is 19.4. The molecule has 9 heteroatoms. The van der Waals surface area contributed by atoms with Crippen molar-refractivity contribution in [3.63, 3.8) is 0 Å². The third-order valence-corrected chi connectivity index (χ3v) is 7.25. The van der Waals surface area contributed by atoms with Crippen LogP contribution in [0.5, 0.6) is 5.75 Å². The first-order chi connectivity index (χ1) is 15.7. The van der Waals surface area contributed by atoms with Gasteiger partial charge in [0.1, 0.15) is 9.26 Å². The van der Waals surface area contributed by atoms with Crippen LogP contribution in [0.2, 0.25) is 5.15 Å². The van der Waals surface area contributed by atoms with Gasteiger partial charge < -0.3 is 18.8 Å². The fourth-order valence-corrected chi connectivity index (χ4v) is 5.70. The number of hydrogen-bond donors (Lipinski definition) is 0. The highest BCUT2D eigenvalue weighted by Crippen LogP contribution is 2.55. The van der Waals surface area contributed by atoms with Crippen LogP contribution in [0.1, 0.15) is 67.9 Å². The first-order valence-electron chi connectivity index (χ1n) is 11.1.